The lowest BCUT2D eigenvalue weighted by Crippen LogP contribution is -2.22. The number of aliphatic hydroxyl groups excluding tert-OH is 2. The first-order valence-electron chi connectivity index (χ1n) is 4.61. The second-order valence-corrected chi connectivity index (χ2v) is 4.41. The first-order chi connectivity index (χ1) is 7.50. The molecule has 2 atom stereocenters. The number of hydrogen-bond acceptors (Lipinski definition) is 5. The second-order valence-electron chi connectivity index (χ2n) is 3.21. The monoisotopic (exact) mass is 245 g/mol. The van der Waals surface area contributed by atoms with Gasteiger partial charge in [0.15, 0.2) is 5.12 Å². The van der Waals surface area contributed by atoms with Crippen LogP contribution in [-0.4, -0.2) is 32.2 Å². The van der Waals surface area contributed by atoms with Crippen molar-refractivity contribution < 1.29 is 19.4 Å². The van der Waals surface area contributed by atoms with Crippen LogP contribution in [-0.2, 0) is 4.79 Å². The molecular weight excluding hydrogens is 233 g/mol. The standard InChI is InChI=1S/C10H12FNO3S/c1-6(13)16-5-9(14)10(15)8-4-7(11)2-3-12-8/h2-4,9-10,14-15H,5H2,1H3. The third-order valence-corrected chi connectivity index (χ3v) is 2.78. The minimum absolute atomic E-state index is 0.0503. The van der Waals surface area contributed by atoms with E-state index in [0.717, 1.165) is 23.9 Å². The summed E-state index contributed by atoms with van der Waals surface area (Å²) >= 11 is 0.896. The molecule has 0 saturated heterocycles. The first kappa shape index (κ1) is 13.1. The van der Waals surface area contributed by atoms with Crippen molar-refractivity contribution in [3.8, 4) is 0 Å². The van der Waals surface area contributed by atoms with Crippen molar-refractivity contribution >= 4 is 16.9 Å². The van der Waals surface area contributed by atoms with Crippen LogP contribution < -0.4 is 0 Å². The van der Waals surface area contributed by atoms with Crippen molar-refractivity contribution in [2.75, 3.05) is 5.75 Å². The van der Waals surface area contributed by atoms with E-state index in [1.807, 2.05) is 0 Å². The largest absolute Gasteiger partial charge is 0.389 e. The van der Waals surface area contributed by atoms with Crippen LogP contribution in [0.25, 0.3) is 0 Å². The molecule has 0 radical (unpaired) electrons. The number of aromatic nitrogens is 1. The smallest absolute Gasteiger partial charge is 0.185 e. The summed E-state index contributed by atoms with van der Waals surface area (Å²) in [5.41, 5.74) is 0.0525. The Balaban J connectivity index is 2.62. The predicted molar refractivity (Wildman–Crippen MR) is 58.3 cm³/mol. The average molecular weight is 245 g/mol. The fourth-order valence-electron chi connectivity index (χ4n) is 1.07. The minimum atomic E-state index is -1.29. The summed E-state index contributed by atoms with van der Waals surface area (Å²) in [7, 11) is 0. The quantitative estimate of drug-likeness (QED) is 0.824. The molecule has 0 aliphatic heterocycles. The molecule has 1 aromatic heterocycles. The van der Waals surface area contributed by atoms with Crippen LogP contribution in [0.4, 0.5) is 4.39 Å². The van der Waals surface area contributed by atoms with E-state index >= 15 is 0 Å². The zero-order chi connectivity index (χ0) is 12.1. The number of hydrogen-bond donors (Lipinski definition) is 2. The summed E-state index contributed by atoms with van der Waals surface area (Å²) in [4.78, 5) is 14.4. The molecule has 1 aromatic rings. The molecule has 0 aromatic carbocycles. The molecule has 2 N–H and O–H groups in total. The molecule has 1 heterocycles. The van der Waals surface area contributed by atoms with Crippen LogP contribution in [0.3, 0.4) is 0 Å². The van der Waals surface area contributed by atoms with Gasteiger partial charge in [0, 0.05) is 18.9 Å². The maximum absolute atomic E-state index is 12.8. The zero-order valence-corrected chi connectivity index (χ0v) is 9.45. The van der Waals surface area contributed by atoms with Gasteiger partial charge in [-0.25, -0.2) is 4.39 Å². The Labute approximate surface area is 96.5 Å². The van der Waals surface area contributed by atoms with Gasteiger partial charge in [-0.2, -0.15) is 0 Å². The molecule has 0 aliphatic carbocycles. The van der Waals surface area contributed by atoms with Crippen LogP contribution in [0.5, 0.6) is 0 Å². The van der Waals surface area contributed by atoms with Crippen molar-refractivity contribution in [2.24, 2.45) is 0 Å². The van der Waals surface area contributed by atoms with Gasteiger partial charge in [-0.3, -0.25) is 9.78 Å². The van der Waals surface area contributed by atoms with Crippen LogP contribution in [0.15, 0.2) is 18.3 Å². The second kappa shape index (κ2) is 5.93. The van der Waals surface area contributed by atoms with Gasteiger partial charge in [-0.05, 0) is 12.1 Å². The number of aliphatic hydroxyl groups is 2. The molecule has 2 unspecified atom stereocenters. The Morgan fingerprint density at radius 1 is 1.62 bits per heavy atom. The highest BCUT2D eigenvalue weighted by Gasteiger charge is 2.20. The average Bonchev–Trinajstić information content (AvgIpc) is 2.24. The molecule has 16 heavy (non-hydrogen) atoms. The third kappa shape index (κ3) is 3.88. The lowest BCUT2D eigenvalue weighted by molar-refractivity contribution is -0.109. The van der Waals surface area contributed by atoms with Crippen molar-refractivity contribution in [2.45, 2.75) is 19.1 Å². The number of nitrogens with zero attached hydrogens (tertiary/aromatic N) is 1. The maximum Gasteiger partial charge on any atom is 0.185 e. The number of carbonyl (C=O) groups is 1. The Kier molecular flexibility index (Phi) is 4.85. The van der Waals surface area contributed by atoms with Crippen LogP contribution >= 0.6 is 11.8 Å². The van der Waals surface area contributed by atoms with Crippen molar-refractivity contribution in [1.29, 1.82) is 0 Å². The van der Waals surface area contributed by atoms with Crippen molar-refractivity contribution in [3.05, 3.63) is 29.8 Å². The molecule has 0 bridgehead atoms. The maximum atomic E-state index is 12.8. The van der Waals surface area contributed by atoms with Crippen molar-refractivity contribution in [3.63, 3.8) is 0 Å². The molecule has 1 rings (SSSR count). The van der Waals surface area contributed by atoms with Crippen LogP contribution in [0, 0.1) is 5.82 Å². The fraction of sp³-hybridized carbons (Fsp3) is 0.400. The summed E-state index contributed by atoms with van der Waals surface area (Å²) < 4.78 is 12.8. The highest BCUT2D eigenvalue weighted by atomic mass is 32.2. The van der Waals surface area contributed by atoms with Gasteiger partial charge in [-0.1, -0.05) is 11.8 Å². The summed E-state index contributed by atoms with van der Waals surface area (Å²) in [5, 5.41) is 19.0. The summed E-state index contributed by atoms with van der Waals surface area (Å²) in [5.74, 6) is -0.482. The lowest BCUT2D eigenvalue weighted by atomic mass is 10.1. The summed E-state index contributed by atoms with van der Waals surface area (Å²) in [6.07, 6.45) is -1.23. The molecular formula is C10H12FNO3S. The number of carbonyl (C=O) groups excluding carboxylic acids is 1. The van der Waals surface area contributed by atoms with Gasteiger partial charge in [0.05, 0.1) is 11.8 Å². The van der Waals surface area contributed by atoms with Gasteiger partial charge >= 0.3 is 0 Å². The van der Waals surface area contributed by atoms with E-state index in [4.69, 9.17) is 0 Å². The van der Waals surface area contributed by atoms with E-state index in [1.54, 1.807) is 0 Å². The molecule has 0 fully saturated rings. The molecule has 6 heteroatoms. The highest BCUT2D eigenvalue weighted by molar-refractivity contribution is 8.13. The van der Waals surface area contributed by atoms with Crippen molar-refractivity contribution in [1.82, 2.24) is 4.98 Å². The van der Waals surface area contributed by atoms with E-state index in [2.05, 4.69) is 4.98 Å². The summed E-state index contributed by atoms with van der Waals surface area (Å²) in [6.45, 7) is 1.37. The Morgan fingerprint density at radius 2 is 2.31 bits per heavy atom. The number of rotatable bonds is 4. The van der Waals surface area contributed by atoms with Crippen LogP contribution in [0.1, 0.15) is 18.7 Å². The SMILES string of the molecule is CC(=O)SCC(O)C(O)c1cc(F)ccn1. The lowest BCUT2D eigenvalue weighted by Gasteiger charge is -2.16. The van der Waals surface area contributed by atoms with Gasteiger partial charge in [0.25, 0.3) is 0 Å². The van der Waals surface area contributed by atoms with E-state index in [1.165, 1.54) is 13.1 Å². The number of pyridine rings is 1. The fourth-order valence-corrected chi connectivity index (χ4v) is 1.66. The van der Waals surface area contributed by atoms with E-state index in [9.17, 15) is 19.4 Å². The van der Waals surface area contributed by atoms with Gasteiger partial charge < -0.3 is 10.2 Å². The van der Waals surface area contributed by atoms with Gasteiger partial charge in [0.1, 0.15) is 11.9 Å². The van der Waals surface area contributed by atoms with E-state index in [0.29, 0.717) is 0 Å². The van der Waals surface area contributed by atoms with Gasteiger partial charge in [0.2, 0.25) is 0 Å². The van der Waals surface area contributed by atoms with E-state index in [-0.39, 0.29) is 16.6 Å². The molecule has 0 amide bonds. The first-order valence-corrected chi connectivity index (χ1v) is 5.60. The van der Waals surface area contributed by atoms with Crippen LogP contribution in [0.2, 0.25) is 0 Å². The number of thioether (sulfide) groups is 1. The Morgan fingerprint density at radius 3 is 2.88 bits per heavy atom. The molecule has 0 saturated carbocycles. The molecule has 0 aliphatic rings. The zero-order valence-electron chi connectivity index (χ0n) is 8.63. The molecule has 0 spiro atoms. The minimum Gasteiger partial charge on any atom is -0.389 e. The number of halogens is 1. The predicted octanol–water partition coefficient (Wildman–Crippen LogP) is 0.895. The van der Waals surface area contributed by atoms with Gasteiger partial charge in [-0.15, -0.1) is 0 Å². The summed E-state index contributed by atoms with van der Waals surface area (Å²) in [6, 6.07) is 2.19. The molecule has 88 valence electrons. The Hall–Kier alpha value is -0.980. The third-order valence-electron chi connectivity index (χ3n) is 1.87. The topological polar surface area (TPSA) is 70.4 Å². The Bertz CT molecular complexity index is 375. The highest BCUT2D eigenvalue weighted by Crippen LogP contribution is 2.18. The normalized spacial score (nSPS) is 14.5. The van der Waals surface area contributed by atoms with E-state index < -0.39 is 18.0 Å². The molecule has 4 nitrogen and oxygen atoms in total.